The molecule has 0 aliphatic carbocycles. The van der Waals surface area contributed by atoms with Gasteiger partial charge in [-0.2, -0.15) is 0 Å². The number of hydrogen-bond donors (Lipinski definition) is 1. The van der Waals surface area contributed by atoms with Gasteiger partial charge in [0.2, 0.25) is 0 Å². The molecule has 2 N–H and O–H groups in total. The summed E-state index contributed by atoms with van der Waals surface area (Å²) in [7, 11) is 0. The molecule has 0 spiro atoms. The molecule has 0 atom stereocenters. The van der Waals surface area contributed by atoms with Gasteiger partial charge in [-0.15, -0.1) is 0 Å². The molecule has 0 fully saturated rings. The maximum atomic E-state index is 5.82. The molecule has 0 bridgehead atoms. The molecule has 1 nitrogen and oxygen atoms in total. The molecule has 10 heavy (non-hydrogen) atoms. The lowest BCUT2D eigenvalue weighted by atomic mass is 10.1. The molecule has 0 heterocycles. The van der Waals surface area contributed by atoms with Crippen LogP contribution in [0.5, 0.6) is 0 Å². The largest absolute Gasteiger partial charge is 0.330 e. The first kappa shape index (κ1) is 9.73. The third kappa shape index (κ3) is 3.04. The van der Waals surface area contributed by atoms with Crippen LogP contribution in [0.2, 0.25) is 0 Å². The molecule has 0 saturated carbocycles. The monoisotopic (exact) mass is 159 g/mol. The van der Waals surface area contributed by atoms with Crippen LogP contribution in [0.1, 0.15) is 19.8 Å². The summed E-state index contributed by atoms with van der Waals surface area (Å²) < 4.78 is 0. The summed E-state index contributed by atoms with van der Waals surface area (Å²) >= 11 is 5.82. The van der Waals surface area contributed by atoms with Gasteiger partial charge in [-0.25, -0.2) is 0 Å². The van der Waals surface area contributed by atoms with E-state index in [1.807, 2.05) is 0 Å². The van der Waals surface area contributed by atoms with Crippen molar-refractivity contribution in [3.05, 3.63) is 23.3 Å². The lowest BCUT2D eigenvalue weighted by molar-refractivity contribution is 0.891. The van der Waals surface area contributed by atoms with Crippen molar-refractivity contribution < 1.29 is 0 Å². The number of rotatable bonds is 4. The molecular weight excluding hydrogens is 146 g/mol. The van der Waals surface area contributed by atoms with Crippen molar-refractivity contribution in [2.24, 2.45) is 5.73 Å². The zero-order valence-corrected chi connectivity index (χ0v) is 7.12. The van der Waals surface area contributed by atoms with Crippen LogP contribution in [0, 0.1) is 0 Å². The molecular formula is C8H14ClN. The van der Waals surface area contributed by atoms with Crippen molar-refractivity contribution in [1.82, 2.24) is 0 Å². The van der Waals surface area contributed by atoms with E-state index in [1.165, 1.54) is 5.57 Å². The minimum absolute atomic E-state index is 0.660. The topological polar surface area (TPSA) is 26.0 Å². The molecule has 58 valence electrons. The maximum Gasteiger partial charge on any atom is 0.0392 e. The third-order valence-corrected chi connectivity index (χ3v) is 1.81. The van der Waals surface area contributed by atoms with Gasteiger partial charge in [-0.3, -0.25) is 0 Å². The predicted molar refractivity (Wildman–Crippen MR) is 47.0 cm³/mol. The van der Waals surface area contributed by atoms with Crippen LogP contribution >= 0.6 is 11.6 Å². The molecule has 0 rings (SSSR count). The first-order chi connectivity index (χ1) is 4.76. The van der Waals surface area contributed by atoms with Crippen LogP contribution in [0.15, 0.2) is 23.3 Å². The van der Waals surface area contributed by atoms with Gasteiger partial charge in [0.1, 0.15) is 0 Å². The fourth-order valence-corrected chi connectivity index (χ4v) is 1.01. The number of hydrogen-bond acceptors (Lipinski definition) is 1. The first-order valence-corrected chi connectivity index (χ1v) is 3.84. The second-order valence-corrected chi connectivity index (χ2v) is 2.46. The van der Waals surface area contributed by atoms with Crippen LogP contribution < -0.4 is 5.73 Å². The molecule has 0 amide bonds. The van der Waals surface area contributed by atoms with Gasteiger partial charge in [0.15, 0.2) is 0 Å². The summed E-state index contributed by atoms with van der Waals surface area (Å²) in [5, 5.41) is 0.757. The Balaban J connectivity index is 4.13. The average molecular weight is 160 g/mol. The fraction of sp³-hybridized carbons (Fsp3) is 0.500. The minimum Gasteiger partial charge on any atom is -0.330 e. The van der Waals surface area contributed by atoms with E-state index >= 15 is 0 Å². The van der Waals surface area contributed by atoms with Crippen LogP contribution in [0.4, 0.5) is 0 Å². The van der Waals surface area contributed by atoms with Crippen LogP contribution in [-0.2, 0) is 0 Å². The summed E-state index contributed by atoms with van der Waals surface area (Å²) in [6.07, 6.45) is 3.50. The Hall–Kier alpha value is -0.270. The molecule has 0 aromatic rings. The zero-order chi connectivity index (χ0) is 7.98. The van der Waals surface area contributed by atoms with Crippen molar-refractivity contribution >= 4 is 11.6 Å². The lowest BCUT2D eigenvalue weighted by Crippen LogP contribution is -2.00. The second-order valence-electron chi connectivity index (χ2n) is 2.05. The summed E-state index contributed by atoms with van der Waals surface area (Å²) in [5.74, 6) is 0. The van der Waals surface area contributed by atoms with Crippen LogP contribution in [-0.4, -0.2) is 6.54 Å². The fourth-order valence-electron chi connectivity index (χ4n) is 0.784. The summed E-state index contributed by atoms with van der Waals surface area (Å²) in [6, 6.07) is 0. The standard InChI is InChI=1S/C8H14ClN/c1-3-7(5-6-10)8(9)4-2/h4H,2-3,5-6,10H2,1H3/b8-7-. The summed E-state index contributed by atoms with van der Waals surface area (Å²) in [4.78, 5) is 0. The Bertz CT molecular complexity index is 138. The van der Waals surface area contributed by atoms with Crippen molar-refractivity contribution in [3.8, 4) is 0 Å². The van der Waals surface area contributed by atoms with Crippen molar-refractivity contribution in [2.45, 2.75) is 19.8 Å². The Labute approximate surface area is 67.6 Å². The Kier molecular flexibility index (Phi) is 5.36. The van der Waals surface area contributed by atoms with E-state index in [0.717, 1.165) is 17.9 Å². The Morgan fingerprint density at radius 3 is 2.60 bits per heavy atom. The smallest absolute Gasteiger partial charge is 0.0392 e. The van der Waals surface area contributed by atoms with Crippen molar-refractivity contribution in [3.63, 3.8) is 0 Å². The van der Waals surface area contributed by atoms with E-state index in [2.05, 4.69) is 13.5 Å². The van der Waals surface area contributed by atoms with Gasteiger partial charge < -0.3 is 5.73 Å². The van der Waals surface area contributed by atoms with E-state index in [-0.39, 0.29) is 0 Å². The van der Waals surface area contributed by atoms with E-state index < -0.39 is 0 Å². The molecule has 0 aliphatic heterocycles. The van der Waals surface area contributed by atoms with Gasteiger partial charge in [0, 0.05) is 5.03 Å². The minimum atomic E-state index is 0.660. The summed E-state index contributed by atoms with van der Waals surface area (Å²) in [5.41, 5.74) is 6.56. The van der Waals surface area contributed by atoms with Crippen LogP contribution in [0.25, 0.3) is 0 Å². The molecule has 0 aromatic heterocycles. The lowest BCUT2D eigenvalue weighted by Gasteiger charge is -2.02. The maximum absolute atomic E-state index is 5.82. The van der Waals surface area contributed by atoms with Crippen molar-refractivity contribution in [1.29, 1.82) is 0 Å². The highest BCUT2D eigenvalue weighted by Gasteiger charge is 1.96. The Morgan fingerprint density at radius 1 is 1.70 bits per heavy atom. The number of nitrogens with two attached hydrogens (primary N) is 1. The molecule has 0 aromatic carbocycles. The van der Waals surface area contributed by atoms with Gasteiger partial charge in [-0.05, 0) is 19.4 Å². The number of allylic oxidation sites excluding steroid dienone is 2. The molecule has 0 aliphatic rings. The normalized spacial score (nSPS) is 12.7. The molecule has 0 saturated heterocycles. The highest BCUT2D eigenvalue weighted by atomic mass is 35.5. The van der Waals surface area contributed by atoms with E-state index in [9.17, 15) is 0 Å². The van der Waals surface area contributed by atoms with E-state index in [4.69, 9.17) is 17.3 Å². The molecule has 0 unspecified atom stereocenters. The first-order valence-electron chi connectivity index (χ1n) is 3.46. The van der Waals surface area contributed by atoms with Gasteiger partial charge in [0.25, 0.3) is 0 Å². The van der Waals surface area contributed by atoms with Gasteiger partial charge >= 0.3 is 0 Å². The van der Waals surface area contributed by atoms with E-state index in [0.29, 0.717) is 6.54 Å². The summed E-state index contributed by atoms with van der Waals surface area (Å²) in [6.45, 7) is 6.31. The van der Waals surface area contributed by atoms with Crippen LogP contribution in [0.3, 0.4) is 0 Å². The van der Waals surface area contributed by atoms with E-state index in [1.54, 1.807) is 6.08 Å². The second kappa shape index (κ2) is 5.51. The van der Waals surface area contributed by atoms with Crippen molar-refractivity contribution in [2.75, 3.05) is 6.54 Å². The average Bonchev–Trinajstić information content (AvgIpc) is 1.99. The highest BCUT2D eigenvalue weighted by Crippen LogP contribution is 2.16. The van der Waals surface area contributed by atoms with Gasteiger partial charge in [-0.1, -0.05) is 36.8 Å². The quantitative estimate of drug-likeness (QED) is 0.627. The Morgan fingerprint density at radius 2 is 2.30 bits per heavy atom. The number of halogens is 1. The highest BCUT2D eigenvalue weighted by molar-refractivity contribution is 6.31. The zero-order valence-electron chi connectivity index (χ0n) is 6.36. The predicted octanol–water partition coefficient (Wildman–Crippen LogP) is 2.42. The SMILES string of the molecule is C=C/C(Cl)=C(\CC)CCN. The third-order valence-electron chi connectivity index (χ3n) is 1.39. The molecule has 0 radical (unpaired) electrons. The van der Waals surface area contributed by atoms with Gasteiger partial charge in [0.05, 0.1) is 0 Å². The molecule has 2 heteroatoms.